The van der Waals surface area contributed by atoms with E-state index in [1.807, 2.05) is 0 Å². The van der Waals surface area contributed by atoms with Gasteiger partial charge in [-0.2, -0.15) is 0 Å². The molecular weight excluding hydrogens is 508 g/mol. The number of ether oxygens (including phenoxy) is 2. The zero-order valence-corrected chi connectivity index (χ0v) is 19.6. The van der Waals surface area contributed by atoms with Crippen LogP contribution in [0.15, 0.2) is 39.5 Å². The van der Waals surface area contributed by atoms with Crippen molar-refractivity contribution in [1.82, 2.24) is 0 Å². The van der Waals surface area contributed by atoms with Gasteiger partial charge >= 0.3 is 0 Å². The highest BCUT2D eigenvalue weighted by Gasteiger charge is 2.46. The Balaban J connectivity index is 1.80. The topological polar surface area (TPSA) is 231 Å². The molecule has 9 N–H and O–H groups in total. The third-order valence-corrected chi connectivity index (χ3v) is 6.92. The fourth-order valence-electron chi connectivity index (χ4n) is 4.83. The number of aromatic hydroxyl groups is 3. The number of aliphatic hydroxyl groups excluding tert-OH is 6. The summed E-state index contributed by atoms with van der Waals surface area (Å²) >= 11 is 0. The van der Waals surface area contributed by atoms with E-state index in [2.05, 4.69) is 0 Å². The Labute approximate surface area is 213 Å². The first kappa shape index (κ1) is 26.3. The molecule has 204 valence electrons. The first-order chi connectivity index (χ1) is 18.0. The number of benzene rings is 2. The van der Waals surface area contributed by atoms with Crippen LogP contribution in [0.2, 0.25) is 0 Å². The number of hydrogen-bond donors (Lipinski definition) is 9. The number of hydrogen-bond acceptors (Lipinski definition) is 13. The van der Waals surface area contributed by atoms with Crippen LogP contribution in [-0.4, -0.2) is 95.8 Å². The van der Waals surface area contributed by atoms with Crippen LogP contribution in [0.4, 0.5) is 0 Å². The lowest BCUT2D eigenvalue weighted by Crippen LogP contribution is -2.49. The van der Waals surface area contributed by atoms with Gasteiger partial charge in [-0.25, -0.2) is 0 Å². The van der Waals surface area contributed by atoms with Crippen molar-refractivity contribution < 1.29 is 59.8 Å². The molecule has 2 fully saturated rings. The number of aliphatic hydroxyl groups is 6. The molecule has 0 amide bonds. The van der Waals surface area contributed by atoms with E-state index in [4.69, 9.17) is 13.9 Å². The highest BCUT2D eigenvalue weighted by atomic mass is 16.5. The van der Waals surface area contributed by atoms with Gasteiger partial charge in [-0.1, -0.05) is 0 Å². The van der Waals surface area contributed by atoms with Crippen molar-refractivity contribution >= 4 is 11.0 Å². The number of fused-ring (bicyclic) bond motifs is 1. The number of rotatable bonds is 3. The van der Waals surface area contributed by atoms with Crippen LogP contribution in [-0.2, 0) is 9.47 Å². The van der Waals surface area contributed by atoms with Crippen LogP contribution >= 0.6 is 0 Å². The number of phenols is 3. The van der Waals surface area contributed by atoms with Crippen LogP contribution in [0.3, 0.4) is 0 Å². The molecule has 0 unspecified atom stereocenters. The van der Waals surface area contributed by atoms with E-state index in [-0.39, 0.29) is 11.5 Å². The lowest BCUT2D eigenvalue weighted by molar-refractivity contribution is -0.191. The summed E-state index contributed by atoms with van der Waals surface area (Å²) in [6.45, 7) is -0.966. The molecule has 8 atom stereocenters. The highest BCUT2D eigenvalue weighted by molar-refractivity contribution is 5.91. The Bertz CT molecular complexity index is 1400. The molecule has 2 aliphatic rings. The molecule has 2 saturated heterocycles. The Morgan fingerprint density at radius 1 is 0.684 bits per heavy atom. The van der Waals surface area contributed by atoms with Gasteiger partial charge < -0.3 is 59.8 Å². The molecule has 38 heavy (non-hydrogen) atoms. The van der Waals surface area contributed by atoms with Crippen LogP contribution in [0.5, 0.6) is 17.2 Å². The Kier molecular flexibility index (Phi) is 6.79. The molecule has 0 aliphatic carbocycles. The van der Waals surface area contributed by atoms with Gasteiger partial charge in [0.05, 0.1) is 24.3 Å². The molecule has 0 bridgehead atoms. The smallest absolute Gasteiger partial charge is 0.197 e. The van der Waals surface area contributed by atoms with Crippen molar-refractivity contribution in [2.75, 3.05) is 13.2 Å². The van der Waals surface area contributed by atoms with Gasteiger partial charge in [0.2, 0.25) is 0 Å². The van der Waals surface area contributed by atoms with Crippen molar-refractivity contribution in [1.29, 1.82) is 0 Å². The summed E-state index contributed by atoms with van der Waals surface area (Å²) in [5.41, 5.74) is -1.86. The highest BCUT2D eigenvalue weighted by Crippen LogP contribution is 2.50. The first-order valence-electron chi connectivity index (χ1n) is 11.7. The summed E-state index contributed by atoms with van der Waals surface area (Å²) in [4.78, 5) is 13.3. The van der Waals surface area contributed by atoms with Crippen LogP contribution in [0.25, 0.3) is 22.3 Å². The average molecular weight is 534 g/mol. The van der Waals surface area contributed by atoms with Gasteiger partial charge in [0.15, 0.2) is 11.0 Å². The lowest BCUT2D eigenvalue weighted by atomic mass is 9.87. The Hall–Kier alpha value is -3.27. The molecule has 0 spiro atoms. The van der Waals surface area contributed by atoms with Crippen molar-refractivity contribution in [3.63, 3.8) is 0 Å². The minimum absolute atomic E-state index is 0.0475. The Morgan fingerprint density at radius 3 is 1.76 bits per heavy atom. The normalized spacial score (nSPS) is 31.9. The van der Waals surface area contributed by atoms with E-state index in [1.54, 1.807) is 0 Å². The minimum atomic E-state index is -1.85. The van der Waals surface area contributed by atoms with E-state index in [0.29, 0.717) is 5.56 Å². The van der Waals surface area contributed by atoms with Gasteiger partial charge in [0.1, 0.15) is 77.2 Å². The molecule has 2 aromatic carbocycles. The molecule has 3 heterocycles. The summed E-state index contributed by atoms with van der Waals surface area (Å²) in [6, 6.07) is 6.60. The van der Waals surface area contributed by atoms with E-state index in [9.17, 15) is 50.8 Å². The van der Waals surface area contributed by atoms with Crippen molar-refractivity contribution in [2.45, 2.75) is 48.8 Å². The molecule has 5 rings (SSSR count). The first-order valence-corrected chi connectivity index (χ1v) is 11.7. The van der Waals surface area contributed by atoms with Gasteiger partial charge in [-0.05, 0) is 24.3 Å². The fraction of sp³-hybridized carbons (Fsp3) is 0.400. The molecule has 3 aromatic rings. The van der Waals surface area contributed by atoms with Gasteiger partial charge in [-0.3, -0.25) is 4.79 Å². The van der Waals surface area contributed by atoms with Crippen molar-refractivity contribution in [3.05, 3.63) is 51.7 Å². The second kappa shape index (κ2) is 9.80. The summed E-state index contributed by atoms with van der Waals surface area (Å²) in [6.07, 6.45) is -13.3. The third-order valence-electron chi connectivity index (χ3n) is 6.92. The van der Waals surface area contributed by atoms with Crippen LogP contribution in [0, 0.1) is 0 Å². The predicted octanol–water partition coefficient (Wildman–Crippen LogP) is -1.12. The van der Waals surface area contributed by atoms with E-state index in [1.165, 1.54) is 24.3 Å². The van der Waals surface area contributed by atoms with Crippen LogP contribution in [0.1, 0.15) is 23.3 Å². The molecule has 2 aliphatic heterocycles. The molecular formula is C25H26O13. The van der Waals surface area contributed by atoms with E-state index < -0.39 is 101 Å². The van der Waals surface area contributed by atoms with Crippen LogP contribution < -0.4 is 5.43 Å². The molecule has 13 heteroatoms. The molecule has 0 radical (unpaired) electrons. The maximum atomic E-state index is 13.3. The molecule has 13 nitrogen and oxygen atoms in total. The second-order valence-electron chi connectivity index (χ2n) is 9.36. The van der Waals surface area contributed by atoms with Gasteiger partial charge in [0.25, 0.3) is 0 Å². The Morgan fingerprint density at radius 2 is 1.21 bits per heavy atom. The zero-order valence-electron chi connectivity index (χ0n) is 19.6. The summed E-state index contributed by atoms with van der Waals surface area (Å²) in [5.74, 6) is -1.80. The number of phenolic OH excluding ortho intramolecular Hbond substituents is 3. The minimum Gasteiger partial charge on any atom is -0.508 e. The van der Waals surface area contributed by atoms with Crippen molar-refractivity contribution in [3.8, 4) is 28.6 Å². The van der Waals surface area contributed by atoms with E-state index >= 15 is 0 Å². The van der Waals surface area contributed by atoms with Gasteiger partial charge in [-0.15, -0.1) is 0 Å². The quantitative estimate of drug-likeness (QED) is 0.194. The van der Waals surface area contributed by atoms with Gasteiger partial charge in [0, 0.05) is 11.6 Å². The maximum Gasteiger partial charge on any atom is 0.197 e. The third kappa shape index (κ3) is 4.19. The summed E-state index contributed by atoms with van der Waals surface area (Å²) < 4.78 is 16.8. The summed E-state index contributed by atoms with van der Waals surface area (Å²) in [5, 5.41) is 93.1. The van der Waals surface area contributed by atoms with Crippen molar-refractivity contribution in [2.24, 2.45) is 0 Å². The maximum absolute atomic E-state index is 13.3. The lowest BCUT2D eigenvalue weighted by Gasteiger charge is -2.38. The second-order valence-corrected chi connectivity index (χ2v) is 9.36. The predicted molar refractivity (Wildman–Crippen MR) is 126 cm³/mol. The largest absolute Gasteiger partial charge is 0.508 e. The molecule has 1 aromatic heterocycles. The van der Waals surface area contributed by atoms with E-state index in [0.717, 1.165) is 6.07 Å². The monoisotopic (exact) mass is 534 g/mol. The fourth-order valence-corrected chi connectivity index (χ4v) is 4.83. The summed E-state index contributed by atoms with van der Waals surface area (Å²) in [7, 11) is 0. The standard InChI is InChI=1S/C25H26O13/c26-9-3-1-8(2-4-9)13-5-10(27)14-19(32)15(24-21(34)17(30)11(28)6-36-24)20(33)16(23(14)38-13)25-22(35)18(31)12(29)7-37-25/h1-5,11-12,17-18,21-22,24-26,28-35H,6-7H2/t11-,12-,17+,18+,21-,22-,24+,25+/m1/s1. The SMILES string of the molecule is O=c1cc(-c2ccc(O)cc2)oc2c([C@@H]3OC[C@@H](O)[C@H](O)[C@H]3O)c(O)c([C@@H]3OC[C@@H](O)[C@H](O)[C@H]3O)c(O)c12. The molecule has 0 saturated carbocycles. The zero-order chi connectivity index (χ0) is 27.5. The average Bonchev–Trinajstić information content (AvgIpc) is 2.88.